The van der Waals surface area contributed by atoms with E-state index in [1.165, 1.54) is 6.07 Å². The first-order valence-corrected chi connectivity index (χ1v) is 12.9. The van der Waals surface area contributed by atoms with E-state index < -0.39 is 5.91 Å². The molecule has 7 nitrogen and oxygen atoms in total. The van der Waals surface area contributed by atoms with E-state index in [1.54, 1.807) is 18.2 Å². The van der Waals surface area contributed by atoms with Crippen molar-refractivity contribution in [1.29, 1.82) is 0 Å². The molecule has 0 aliphatic carbocycles. The highest BCUT2D eigenvalue weighted by molar-refractivity contribution is 14.1. The second-order valence-electron chi connectivity index (χ2n) is 7.88. The highest BCUT2D eigenvalue weighted by Crippen LogP contribution is 2.38. The van der Waals surface area contributed by atoms with Crippen LogP contribution in [0.3, 0.4) is 0 Å². The number of aryl methyl sites for hydroxylation is 1. The van der Waals surface area contributed by atoms with Gasteiger partial charge in [-0.2, -0.15) is 0 Å². The number of carbonyl (C=O) groups is 2. The van der Waals surface area contributed by atoms with Crippen molar-refractivity contribution in [3.05, 3.63) is 84.2 Å². The van der Waals surface area contributed by atoms with Crippen LogP contribution >= 0.6 is 45.2 Å². The number of nitrogens with two attached hydrogens (primary N) is 1. The topological polar surface area (TPSA) is 123 Å². The van der Waals surface area contributed by atoms with Crippen LogP contribution < -0.4 is 10.5 Å². The number of hydrogen-bond donors (Lipinski definition) is 3. The normalized spacial score (nSPS) is 11.0. The number of hydrogen-bond acceptors (Lipinski definition) is 6. The first-order valence-electron chi connectivity index (χ1n) is 10.7. The fourth-order valence-electron chi connectivity index (χ4n) is 3.71. The maximum Gasteiger partial charge on any atom is 0.217 e. The minimum Gasteiger partial charge on any atom is -0.506 e. The fraction of sp³-hybridized carbons (Fsp3) is 0.154. The Bertz CT molecular complexity index is 1390. The Morgan fingerprint density at radius 2 is 1.66 bits per heavy atom. The second-order valence-corrected chi connectivity index (χ2v) is 10.2. The quantitative estimate of drug-likeness (QED) is 0.161. The van der Waals surface area contributed by atoms with Crippen LogP contribution in [0.2, 0.25) is 0 Å². The molecule has 35 heavy (non-hydrogen) atoms. The van der Waals surface area contributed by atoms with Crippen LogP contribution in [0.4, 0.5) is 0 Å². The number of fused-ring (bicyclic) bond motifs is 1. The number of ketones is 1. The van der Waals surface area contributed by atoms with Gasteiger partial charge in [0.05, 0.1) is 19.3 Å². The summed E-state index contributed by atoms with van der Waals surface area (Å²) in [5, 5.41) is 21.1. The van der Waals surface area contributed by atoms with E-state index in [0.29, 0.717) is 42.5 Å². The van der Waals surface area contributed by atoms with Gasteiger partial charge in [0.2, 0.25) is 5.91 Å². The summed E-state index contributed by atoms with van der Waals surface area (Å²) in [6.45, 7) is 0.342. The number of furan rings is 1. The molecular weight excluding hydrogens is 676 g/mol. The maximum atomic E-state index is 13.6. The molecule has 0 unspecified atom stereocenters. The molecule has 1 amide bonds. The third-order valence-corrected chi connectivity index (χ3v) is 7.08. The lowest BCUT2D eigenvalue weighted by molar-refractivity contribution is -0.118. The molecule has 0 aliphatic heterocycles. The summed E-state index contributed by atoms with van der Waals surface area (Å²) in [6.07, 6.45) is 0.779. The lowest BCUT2D eigenvalue weighted by Gasteiger charge is -2.09. The number of carbonyl (C=O) groups excluding carboxylic acids is 2. The monoisotopic (exact) mass is 697 g/mol. The fourth-order valence-corrected chi connectivity index (χ4v) is 5.47. The summed E-state index contributed by atoms with van der Waals surface area (Å²) in [6, 6.07) is 16.0. The number of rotatable bonds is 9. The van der Waals surface area contributed by atoms with Crippen molar-refractivity contribution >= 4 is 67.8 Å². The number of phenolic OH excluding ortho intramolecular Hbond substituents is 2. The number of benzene rings is 3. The molecule has 0 saturated carbocycles. The Hall–Kier alpha value is -2.80. The largest absolute Gasteiger partial charge is 0.506 e. The summed E-state index contributed by atoms with van der Waals surface area (Å²) in [5.41, 5.74) is 7.37. The molecule has 4 N–H and O–H groups in total. The summed E-state index contributed by atoms with van der Waals surface area (Å²) in [5.74, 6) is -0.374. The van der Waals surface area contributed by atoms with E-state index in [2.05, 4.69) is 0 Å². The van der Waals surface area contributed by atoms with Gasteiger partial charge in [-0.25, -0.2) is 0 Å². The van der Waals surface area contributed by atoms with Crippen molar-refractivity contribution < 1.29 is 29.0 Å². The van der Waals surface area contributed by atoms with Crippen LogP contribution in [0.1, 0.15) is 33.7 Å². The predicted molar refractivity (Wildman–Crippen MR) is 148 cm³/mol. The van der Waals surface area contributed by atoms with Crippen LogP contribution in [-0.4, -0.2) is 28.5 Å². The molecule has 0 atom stereocenters. The molecule has 180 valence electrons. The average Bonchev–Trinajstić information content (AvgIpc) is 3.18. The molecule has 4 aromatic rings. The van der Waals surface area contributed by atoms with Gasteiger partial charge in [-0.3, -0.25) is 9.59 Å². The van der Waals surface area contributed by atoms with Crippen LogP contribution in [0.5, 0.6) is 17.2 Å². The number of amides is 1. The van der Waals surface area contributed by atoms with Crippen LogP contribution in [0, 0.1) is 7.14 Å². The molecule has 4 rings (SSSR count). The van der Waals surface area contributed by atoms with Crippen molar-refractivity contribution in [3.63, 3.8) is 0 Å². The number of primary amides is 1. The molecule has 0 saturated heterocycles. The Balaban J connectivity index is 1.71. The molecule has 1 heterocycles. The molecule has 0 aliphatic rings. The third-order valence-electron chi connectivity index (χ3n) is 5.44. The number of ether oxygens (including phenoxy) is 1. The first kappa shape index (κ1) is 25.3. The maximum absolute atomic E-state index is 13.6. The number of aromatic hydroxyl groups is 2. The molecule has 0 radical (unpaired) electrons. The molecule has 0 bridgehead atoms. The van der Waals surface area contributed by atoms with Crippen molar-refractivity contribution in [2.75, 3.05) is 6.61 Å². The van der Waals surface area contributed by atoms with Gasteiger partial charge in [-0.15, -0.1) is 0 Å². The van der Waals surface area contributed by atoms with Gasteiger partial charge in [0.1, 0.15) is 17.1 Å². The van der Waals surface area contributed by atoms with E-state index in [9.17, 15) is 19.8 Å². The van der Waals surface area contributed by atoms with Gasteiger partial charge in [0.15, 0.2) is 17.3 Å². The zero-order valence-electron chi connectivity index (χ0n) is 18.4. The predicted octanol–water partition coefficient (Wildman–Crippen LogP) is 5.32. The third kappa shape index (κ3) is 5.72. The van der Waals surface area contributed by atoms with Gasteiger partial charge >= 0.3 is 0 Å². The second kappa shape index (κ2) is 10.9. The van der Waals surface area contributed by atoms with E-state index in [4.69, 9.17) is 14.9 Å². The standard InChI is InChI=1S/C26H21I2NO6/c27-17-10-15(11-18(28)26(17)33)25(32)24-16-12-19(30)22(34-9-8-14-4-2-1-3-5-14)13-21(16)35-20(24)6-7-23(29)31/h1-5,10-13,30,33H,6-9H2,(H2,29,31). The van der Waals surface area contributed by atoms with E-state index in [-0.39, 0.29) is 41.4 Å². The minimum atomic E-state index is -0.523. The average molecular weight is 697 g/mol. The van der Waals surface area contributed by atoms with Gasteiger partial charge in [0, 0.05) is 36.3 Å². The lowest BCUT2D eigenvalue weighted by Crippen LogP contribution is -2.12. The Labute approximate surface area is 228 Å². The molecule has 9 heteroatoms. The minimum absolute atomic E-state index is 0.00281. The van der Waals surface area contributed by atoms with Gasteiger partial charge in [-0.1, -0.05) is 30.3 Å². The Kier molecular flexibility index (Phi) is 7.85. The first-order chi connectivity index (χ1) is 16.7. The van der Waals surface area contributed by atoms with Crippen LogP contribution in [-0.2, 0) is 17.6 Å². The van der Waals surface area contributed by atoms with Crippen molar-refractivity contribution in [2.45, 2.75) is 19.3 Å². The van der Waals surface area contributed by atoms with Crippen molar-refractivity contribution in [2.24, 2.45) is 5.73 Å². The van der Waals surface area contributed by atoms with E-state index >= 15 is 0 Å². The van der Waals surface area contributed by atoms with Gasteiger partial charge < -0.3 is 25.1 Å². The van der Waals surface area contributed by atoms with Crippen LogP contribution in [0.15, 0.2) is 59.0 Å². The summed E-state index contributed by atoms with van der Waals surface area (Å²) in [4.78, 5) is 25.0. The molecule has 3 aromatic carbocycles. The summed E-state index contributed by atoms with van der Waals surface area (Å²) in [7, 11) is 0. The van der Waals surface area contributed by atoms with E-state index in [1.807, 2.05) is 75.5 Å². The lowest BCUT2D eigenvalue weighted by atomic mass is 9.98. The number of halogens is 2. The SMILES string of the molecule is NC(=O)CCc1oc2cc(OCCc3ccccc3)c(O)cc2c1C(=O)c1cc(I)c(O)c(I)c1. The zero-order chi connectivity index (χ0) is 25.1. The van der Waals surface area contributed by atoms with Crippen molar-refractivity contribution in [1.82, 2.24) is 0 Å². The van der Waals surface area contributed by atoms with Crippen molar-refractivity contribution in [3.8, 4) is 17.2 Å². The molecule has 0 spiro atoms. The Morgan fingerprint density at radius 1 is 0.971 bits per heavy atom. The van der Waals surface area contributed by atoms with E-state index in [0.717, 1.165) is 5.56 Å². The highest BCUT2D eigenvalue weighted by atomic mass is 127. The molecule has 0 fully saturated rings. The van der Waals surface area contributed by atoms with Gasteiger partial charge in [0.25, 0.3) is 0 Å². The zero-order valence-corrected chi connectivity index (χ0v) is 22.7. The Morgan fingerprint density at radius 3 is 2.31 bits per heavy atom. The smallest absolute Gasteiger partial charge is 0.217 e. The van der Waals surface area contributed by atoms with Gasteiger partial charge in [-0.05, 0) is 68.9 Å². The highest BCUT2D eigenvalue weighted by Gasteiger charge is 2.25. The molecule has 1 aromatic heterocycles. The summed E-state index contributed by atoms with van der Waals surface area (Å²) < 4.78 is 12.8. The molecular formula is C26H21I2NO6. The van der Waals surface area contributed by atoms with Crippen LogP contribution in [0.25, 0.3) is 11.0 Å². The number of phenols is 2. The summed E-state index contributed by atoms with van der Waals surface area (Å²) >= 11 is 3.91.